The largest absolute Gasteiger partial charge is 0.493 e. The number of anilines is 1. The van der Waals surface area contributed by atoms with Crippen LogP contribution in [0.2, 0.25) is 0 Å². The van der Waals surface area contributed by atoms with E-state index >= 15 is 0 Å². The van der Waals surface area contributed by atoms with Gasteiger partial charge in [0.1, 0.15) is 17.8 Å². The summed E-state index contributed by atoms with van der Waals surface area (Å²) in [6.07, 6.45) is -0.551. The molecule has 0 radical (unpaired) electrons. The lowest BCUT2D eigenvalue weighted by molar-refractivity contribution is -0.118. The highest BCUT2D eigenvalue weighted by atomic mass is 32.1. The molecule has 1 aliphatic rings. The van der Waals surface area contributed by atoms with Gasteiger partial charge in [-0.1, -0.05) is 23.8 Å². The third-order valence-corrected chi connectivity index (χ3v) is 4.79. The first-order valence-electron chi connectivity index (χ1n) is 8.22. The molecule has 1 amide bonds. The van der Waals surface area contributed by atoms with E-state index in [2.05, 4.69) is 17.9 Å². The van der Waals surface area contributed by atoms with Gasteiger partial charge in [-0.25, -0.2) is 0 Å². The molecule has 2 aromatic rings. The molecule has 0 bridgehead atoms. The Bertz CT molecular complexity index is 948. The normalized spacial score (nSPS) is 16.6. The number of hydrogen-bond donors (Lipinski definition) is 2. The van der Waals surface area contributed by atoms with Crippen molar-refractivity contribution < 1.29 is 14.3 Å². The molecule has 0 aliphatic carbocycles. The van der Waals surface area contributed by atoms with E-state index in [4.69, 9.17) is 9.47 Å². The maximum Gasteiger partial charge on any atom is 0.266 e. The first-order chi connectivity index (χ1) is 13.0. The van der Waals surface area contributed by atoms with Gasteiger partial charge in [0.05, 0.1) is 19.2 Å². The van der Waals surface area contributed by atoms with Gasteiger partial charge >= 0.3 is 0 Å². The lowest BCUT2D eigenvalue weighted by atomic mass is 10.1. The number of rotatable bonds is 4. The van der Waals surface area contributed by atoms with Gasteiger partial charge in [-0.3, -0.25) is 4.79 Å². The monoisotopic (exact) mass is 381 g/mol. The van der Waals surface area contributed by atoms with Crippen LogP contribution in [0.3, 0.4) is 0 Å². The number of ether oxygens (including phenoxy) is 2. The number of methoxy groups -OCH3 is 2. The van der Waals surface area contributed by atoms with Crippen molar-refractivity contribution in [3.05, 3.63) is 64.2 Å². The molecule has 3 rings (SSSR count). The van der Waals surface area contributed by atoms with Gasteiger partial charge < -0.3 is 19.7 Å². The Morgan fingerprint density at radius 3 is 2.37 bits per heavy atom. The second-order valence-electron chi connectivity index (χ2n) is 6.01. The van der Waals surface area contributed by atoms with Gasteiger partial charge in [0.2, 0.25) is 0 Å². The second-order valence-corrected chi connectivity index (χ2v) is 6.43. The number of amides is 1. The van der Waals surface area contributed by atoms with Crippen LogP contribution < -0.4 is 19.7 Å². The van der Waals surface area contributed by atoms with Crippen LogP contribution in [-0.2, 0) is 4.79 Å². The van der Waals surface area contributed by atoms with Crippen LogP contribution in [0.15, 0.2) is 53.1 Å². The maximum absolute atomic E-state index is 12.4. The van der Waals surface area contributed by atoms with Crippen LogP contribution in [0.1, 0.15) is 17.3 Å². The number of nitrogens with one attached hydrogen (secondary N) is 1. The minimum Gasteiger partial charge on any atom is -0.493 e. The molecule has 0 fully saturated rings. The van der Waals surface area contributed by atoms with E-state index in [1.165, 1.54) is 0 Å². The second kappa shape index (κ2) is 7.64. The summed E-state index contributed by atoms with van der Waals surface area (Å²) in [6.45, 7) is 1.99. The predicted molar refractivity (Wildman–Crippen MR) is 106 cm³/mol. The predicted octanol–water partition coefficient (Wildman–Crippen LogP) is 3.31. The SMILES string of the molecule is COc1ccc([C@H]2NC(=O)C(C#N)=C(S)N2c2ccc(C)cc2)cc1OC. The summed E-state index contributed by atoms with van der Waals surface area (Å²) in [6, 6.07) is 15.1. The van der Waals surface area contributed by atoms with Crippen LogP contribution in [0.4, 0.5) is 5.69 Å². The van der Waals surface area contributed by atoms with Crippen LogP contribution >= 0.6 is 12.6 Å². The number of thiol groups is 1. The molecule has 138 valence electrons. The quantitative estimate of drug-likeness (QED) is 0.795. The number of carbonyl (C=O) groups excluding carboxylic acids is 1. The van der Waals surface area contributed by atoms with Gasteiger partial charge in [0, 0.05) is 5.69 Å². The van der Waals surface area contributed by atoms with Crippen molar-refractivity contribution in [3.63, 3.8) is 0 Å². The molecule has 27 heavy (non-hydrogen) atoms. The molecule has 1 N–H and O–H groups in total. The fraction of sp³-hybridized carbons (Fsp3) is 0.200. The fourth-order valence-corrected chi connectivity index (χ4v) is 3.32. The number of nitriles is 1. The molecule has 0 saturated carbocycles. The first-order valence-corrected chi connectivity index (χ1v) is 8.67. The van der Waals surface area contributed by atoms with E-state index in [0.29, 0.717) is 16.5 Å². The molecular weight excluding hydrogens is 362 g/mol. The van der Waals surface area contributed by atoms with Crippen LogP contribution in [-0.4, -0.2) is 20.1 Å². The third kappa shape index (κ3) is 3.44. The molecule has 0 unspecified atom stereocenters. The summed E-state index contributed by atoms with van der Waals surface area (Å²) in [4.78, 5) is 14.2. The van der Waals surface area contributed by atoms with Crippen molar-refractivity contribution in [2.75, 3.05) is 19.1 Å². The third-order valence-electron chi connectivity index (χ3n) is 4.35. The van der Waals surface area contributed by atoms with Gasteiger partial charge in [-0.15, -0.1) is 12.6 Å². The van der Waals surface area contributed by atoms with E-state index < -0.39 is 12.1 Å². The lowest BCUT2D eigenvalue weighted by Gasteiger charge is -2.38. The zero-order valence-corrected chi connectivity index (χ0v) is 16.1. The summed E-state index contributed by atoms with van der Waals surface area (Å²) in [5.41, 5.74) is 2.64. The van der Waals surface area contributed by atoms with Crippen molar-refractivity contribution in [3.8, 4) is 17.6 Å². The molecule has 0 aromatic heterocycles. The number of nitrogens with zero attached hydrogens (tertiary/aromatic N) is 2. The maximum atomic E-state index is 12.4. The summed E-state index contributed by atoms with van der Waals surface area (Å²) in [5.74, 6) is 0.666. The smallest absolute Gasteiger partial charge is 0.266 e. The zero-order chi connectivity index (χ0) is 19.6. The highest BCUT2D eigenvalue weighted by molar-refractivity contribution is 7.84. The van der Waals surface area contributed by atoms with Crippen molar-refractivity contribution in [2.45, 2.75) is 13.1 Å². The first kappa shape index (κ1) is 18.7. The van der Waals surface area contributed by atoms with Crippen LogP contribution in [0, 0.1) is 18.3 Å². The Morgan fingerprint density at radius 2 is 1.78 bits per heavy atom. The lowest BCUT2D eigenvalue weighted by Crippen LogP contribution is -2.46. The van der Waals surface area contributed by atoms with E-state index in [9.17, 15) is 10.1 Å². The van der Waals surface area contributed by atoms with Crippen molar-refractivity contribution in [1.29, 1.82) is 5.26 Å². The number of hydrogen-bond acceptors (Lipinski definition) is 6. The molecule has 7 heteroatoms. The van der Waals surface area contributed by atoms with Gasteiger partial charge in [0.15, 0.2) is 11.5 Å². The Kier molecular flexibility index (Phi) is 5.28. The summed E-state index contributed by atoms with van der Waals surface area (Å²) in [7, 11) is 3.11. The van der Waals surface area contributed by atoms with E-state index in [1.807, 2.05) is 48.2 Å². The summed E-state index contributed by atoms with van der Waals surface area (Å²) in [5, 5.41) is 12.5. The topological polar surface area (TPSA) is 74.6 Å². The average Bonchev–Trinajstić information content (AvgIpc) is 2.68. The molecule has 6 nitrogen and oxygen atoms in total. The molecule has 1 atom stereocenters. The molecule has 0 saturated heterocycles. The van der Waals surface area contributed by atoms with Gasteiger partial charge in [-0.05, 0) is 36.8 Å². The number of aryl methyl sites for hydroxylation is 1. The minimum atomic E-state index is -0.551. The number of carbonyl (C=O) groups is 1. The molecular formula is C20H19N3O3S. The van der Waals surface area contributed by atoms with E-state index in [0.717, 1.165) is 16.8 Å². The van der Waals surface area contributed by atoms with Crippen molar-refractivity contribution >= 4 is 24.2 Å². The van der Waals surface area contributed by atoms with E-state index in [-0.39, 0.29) is 5.57 Å². The van der Waals surface area contributed by atoms with Gasteiger partial charge in [-0.2, -0.15) is 5.26 Å². The Hall–Kier alpha value is -3.11. The Labute approximate surface area is 163 Å². The average molecular weight is 381 g/mol. The Balaban J connectivity index is 2.15. The van der Waals surface area contributed by atoms with Crippen LogP contribution in [0.25, 0.3) is 0 Å². The van der Waals surface area contributed by atoms with Crippen molar-refractivity contribution in [2.24, 2.45) is 0 Å². The number of benzene rings is 2. The molecule has 1 aliphatic heterocycles. The standard InChI is InChI=1S/C20H19N3O3S/c1-12-4-7-14(8-5-12)23-18(22-19(24)15(11-21)20(23)27)13-6-9-16(25-2)17(10-13)26-3/h4-10,18,27H,1-3H3,(H,22,24)/t18-/m0/s1. The van der Waals surface area contributed by atoms with Crippen LogP contribution in [0.5, 0.6) is 11.5 Å². The molecule has 0 spiro atoms. The van der Waals surface area contributed by atoms with Crippen molar-refractivity contribution in [1.82, 2.24) is 5.32 Å². The summed E-state index contributed by atoms with van der Waals surface area (Å²) < 4.78 is 10.7. The highest BCUT2D eigenvalue weighted by Gasteiger charge is 2.34. The summed E-state index contributed by atoms with van der Waals surface area (Å²) >= 11 is 4.49. The fourth-order valence-electron chi connectivity index (χ4n) is 2.94. The van der Waals surface area contributed by atoms with Gasteiger partial charge in [0.25, 0.3) is 5.91 Å². The molecule has 1 heterocycles. The van der Waals surface area contributed by atoms with E-state index in [1.54, 1.807) is 26.4 Å². The minimum absolute atomic E-state index is 0.0318. The highest BCUT2D eigenvalue weighted by Crippen LogP contribution is 2.38. The Morgan fingerprint density at radius 1 is 1.11 bits per heavy atom. The molecule has 2 aromatic carbocycles. The zero-order valence-electron chi connectivity index (χ0n) is 15.2.